The molecule has 0 aliphatic heterocycles. The average molecular weight is 253 g/mol. The Kier molecular flexibility index (Phi) is 3.80. The van der Waals surface area contributed by atoms with Crippen LogP contribution in [0.1, 0.15) is 12.5 Å². The summed E-state index contributed by atoms with van der Waals surface area (Å²) in [5, 5.41) is 8.23. The van der Waals surface area contributed by atoms with Crippen molar-refractivity contribution in [3.8, 4) is 0 Å². The van der Waals surface area contributed by atoms with Crippen molar-refractivity contribution in [2.45, 2.75) is 19.4 Å². The Morgan fingerprint density at radius 3 is 3.06 bits per heavy atom. The van der Waals surface area contributed by atoms with E-state index in [-0.39, 0.29) is 0 Å². The Labute approximate surface area is 104 Å². The van der Waals surface area contributed by atoms with E-state index in [0.29, 0.717) is 11.1 Å². The van der Waals surface area contributed by atoms with E-state index >= 15 is 0 Å². The van der Waals surface area contributed by atoms with Gasteiger partial charge in [-0.2, -0.15) is 11.3 Å². The molecule has 0 spiro atoms. The molecule has 0 aliphatic rings. The highest BCUT2D eigenvalue weighted by Crippen LogP contribution is 2.19. The molecule has 0 saturated carbocycles. The molecule has 1 N–H and O–H groups in total. The minimum Gasteiger partial charge on any atom is -0.366 e. The van der Waals surface area contributed by atoms with Gasteiger partial charge in [0.15, 0.2) is 0 Å². The normalized spacial score (nSPS) is 12.4. The zero-order chi connectivity index (χ0) is 11.4. The number of nitrogens with one attached hydrogen (secondary N) is 1. The highest BCUT2D eigenvalue weighted by Gasteiger charge is 2.06. The van der Waals surface area contributed by atoms with Gasteiger partial charge in [-0.05, 0) is 47.9 Å². The summed E-state index contributed by atoms with van der Waals surface area (Å²) >= 11 is 7.75. The lowest BCUT2D eigenvalue weighted by atomic mass is 10.1. The highest BCUT2D eigenvalue weighted by atomic mass is 35.5. The summed E-state index contributed by atoms with van der Waals surface area (Å²) in [5.74, 6) is 0.756. The van der Waals surface area contributed by atoms with Crippen LogP contribution in [0.15, 0.2) is 35.2 Å². The lowest BCUT2D eigenvalue weighted by Gasteiger charge is -2.14. The maximum atomic E-state index is 6.03. The van der Waals surface area contributed by atoms with Crippen molar-refractivity contribution in [2.75, 3.05) is 5.32 Å². The Morgan fingerprint density at radius 1 is 1.50 bits per heavy atom. The minimum atomic E-state index is 0.321. The van der Waals surface area contributed by atoms with Gasteiger partial charge in [0, 0.05) is 12.2 Å². The highest BCUT2D eigenvalue weighted by molar-refractivity contribution is 7.07. The van der Waals surface area contributed by atoms with Crippen molar-refractivity contribution in [1.29, 1.82) is 0 Å². The van der Waals surface area contributed by atoms with Crippen LogP contribution in [0.3, 0.4) is 0 Å². The van der Waals surface area contributed by atoms with Gasteiger partial charge < -0.3 is 5.32 Å². The average Bonchev–Trinajstić information content (AvgIpc) is 2.74. The summed E-state index contributed by atoms with van der Waals surface area (Å²) in [6.45, 7) is 2.13. The van der Waals surface area contributed by atoms with E-state index in [4.69, 9.17) is 11.6 Å². The van der Waals surface area contributed by atoms with Crippen molar-refractivity contribution in [3.05, 3.63) is 45.7 Å². The van der Waals surface area contributed by atoms with E-state index in [2.05, 4.69) is 34.1 Å². The largest absolute Gasteiger partial charge is 0.366 e. The van der Waals surface area contributed by atoms with Crippen LogP contribution in [0.25, 0.3) is 0 Å². The molecule has 0 amide bonds. The molecule has 0 saturated heterocycles. The molecule has 0 aliphatic carbocycles. The first-order chi connectivity index (χ1) is 7.75. The molecule has 0 fully saturated rings. The molecule has 0 aromatic carbocycles. The fourth-order valence-corrected chi connectivity index (χ4v) is 2.40. The number of hydrogen-bond donors (Lipinski definition) is 1. The molecule has 1 unspecified atom stereocenters. The van der Waals surface area contributed by atoms with Crippen LogP contribution in [-0.4, -0.2) is 11.0 Å². The van der Waals surface area contributed by atoms with E-state index < -0.39 is 0 Å². The van der Waals surface area contributed by atoms with Crippen molar-refractivity contribution in [1.82, 2.24) is 4.98 Å². The molecular weight excluding hydrogens is 240 g/mol. The molecule has 2 heterocycles. The zero-order valence-electron chi connectivity index (χ0n) is 8.98. The number of hydrogen-bond acceptors (Lipinski definition) is 3. The van der Waals surface area contributed by atoms with Crippen LogP contribution in [0.5, 0.6) is 0 Å². The summed E-state index contributed by atoms with van der Waals surface area (Å²) in [4.78, 5) is 4.21. The van der Waals surface area contributed by atoms with Gasteiger partial charge in [-0.25, -0.2) is 4.98 Å². The first-order valence-corrected chi connectivity index (χ1v) is 6.46. The van der Waals surface area contributed by atoms with Gasteiger partial charge in [0.2, 0.25) is 0 Å². The first kappa shape index (κ1) is 11.4. The number of anilines is 1. The van der Waals surface area contributed by atoms with Crippen LogP contribution in [0, 0.1) is 0 Å². The van der Waals surface area contributed by atoms with E-state index in [1.165, 1.54) is 5.56 Å². The third-order valence-corrected chi connectivity index (χ3v) is 3.30. The Hall–Kier alpha value is -1.06. The SMILES string of the molecule is CC(Cc1ccsc1)Nc1ncccc1Cl. The number of halogens is 1. The van der Waals surface area contributed by atoms with Crippen molar-refractivity contribution in [3.63, 3.8) is 0 Å². The second kappa shape index (κ2) is 5.32. The maximum absolute atomic E-state index is 6.03. The quantitative estimate of drug-likeness (QED) is 0.894. The molecule has 2 aromatic rings. The number of thiophene rings is 1. The molecule has 0 radical (unpaired) electrons. The van der Waals surface area contributed by atoms with Crippen LogP contribution in [-0.2, 0) is 6.42 Å². The summed E-state index contributed by atoms with van der Waals surface area (Å²) < 4.78 is 0. The predicted octanol–water partition coefficient (Wildman–Crippen LogP) is 3.84. The molecular formula is C12H13ClN2S. The van der Waals surface area contributed by atoms with Crippen molar-refractivity contribution >= 4 is 28.8 Å². The fourth-order valence-electron chi connectivity index (χ4n) is 1.54. The molecule has 2 aromatic heterocycles. The number of rotatable bonds is 4. The van der Waals surface area contributed by atoms with Crippen LogP contribution >= 0.6 is 22.9 Å². The fraction of sp³-hybridized carbons (Fsp3) is 0.250. The predicted molar refractivity (Wildman–Crippen MR) is 70.4 cm³/mol. The summed E-state index contributed by atoms with van der Waals surface area (Å²) in [6.07, 6.45) is 2.72. The molecule has 0 bridgehead atoms. The van der Waals surface area contributed by atoms with Gasteiger partial charge in [-0.1, -0.05) is 11.6 Å². The summed E-state index contributed by atoms with van der Waals surface area (Å²) in [6, 6.07) is 6.13. The lowest BCUT2D eigenvalue weighted by Crippen LogP contribution is -2.18. The number of nitrogens with zero attached hydrogens (tertiary/aromatic N) is 1. The van der Waals surface area contributed by atoms with Gasteiger partial charge in [-0.3, -0.25) is 0 Å². The monoisotopic (exact) mass is 252 g/mol. The van der Waals surface area contributed by atoms with Gasteiger partial charge >= 0.3 is 0 Å². The topological polar surface area (TPSA) is 24.9 Å². The van der Waals surface area contributed by atoms with Crippen molar-refractivity contribution in [2.24, 2.45) is 0 Å². The van der Waals surface area contributed by atoms with Gasteiger partial charge in [0.25, 0.3) is 0 Å². The minimum absolute atomic E-state index is 0.321. The number of aromatic nitrogens is 1. The molecule has 1 atom stereocenters. The summed E-state index contributed by atoms with van der Waals surface area (Å²) in [5.41, 5.74) is 1.34. The van der Waals surface area contributed by atoms with Crippen LogP contribution in [0.2, 0.25) is 5.02 Å². The van der Waals surface area contributed by atoms with Gasteiger partial charge in [0.05, 0.1) is 5.02 Å². The van der Waals surface area contributed by atoms with E-state index in [0.717, 1.165) is 12.2 Å². The van der Waals surface area contributed by atoms with Crippen LogP contribution in [0.4, 0.5) is 5.82 Å². The summed E-state index contributed by atoms with van der Waals surface area (Å²) in [7, 11) is 0. The second-order valence-electron chi connectivity index (χ2n) is 3.71. The van der Waals surface area contributed by atoms with Crippen molar-refractivity contribution < 1.29 is 0 Å². The molecule has 84 valence electrons. The number of pyridine rings is 1. The Bertz CT molecular complexity index is 442. The molecule has 4 heteroatoms. The van der Waals surface area contributed by atoms with Crippen LogP contribution < -0.4 is 5.32 Å². The maximum Gasteiger partial charge on any atom is 0.144 e. The third-order valence-electron chi connectivity index (χ3n) is 2.26. The van der Waals surface area contributed by atoms with E-state index in [9.17, 15) is 0 Å². The Balaban J connectivity index is 1.97. The third kappa shape index (κ3) is 2.97. The Morgan fingerprint density at radius 2 is 2.38 bits per heavy atom. The molecule has 2 rings (SSSR count). The zero-order valence-corrected chi connectivity index (χ0v) is 10.6. The smallest absolute Gasteiger partial charge is 0.144 e. The first-order valence-electron chi connectivity index (χ1n) is 5.14. The van der Waals surface area contributed by atoms with Gasteiger partial charge in [0.1, 0.15) is 5.82 Å². The van der Waals surface area contributed by atoms with Gasteiger partial charge in [-0.15, -0.1) is 0 Å². The second-order valence-corrected chi connectivity index (χ2v) is 4.90. The molecule has 2 nitrogen and oxygen atoms in total. The standard InChI is InChI=1S/C12H13ClN2S/c1-9(7-10-4-6-16-8-10)15-12-11(13)3-2-5-14-12/h2-6,8-9H,7H2,1H3,(H,14,15). The molecule has 16 heavy (non-hydrogen) atoms. The lowest BCUT2D eigenvalue weighted by molar-refractivity contribution is 0.787. The van der Waals surface area contributed by atoms with E-state index in [1.807, 2.05) is 12.1 Å². The van der Waals surface area contributed by atoms with E-state index in [1.54, 1.807) is 17.5 Å².